The van der Waals surface area contributed by atoms with E-state index in [4.69, 9.17) is 4.74 Å². The Labute approximate surface area is 194 Å². The number of hydrogen-bond acceptors (Lipinski definition) is 5. The number of rotatable bonds is 5. The highest BCUT2D eigenvalue weighted by Crippen LogP contribution is 2.40. The van der Waals surface area contributed by atoms with Crippen LogP contribution >= 0.6 is 15.9 Å². The number of carbonyl (C=O) groups is 2. The van der Waals surface area contributed by atoms with Crippen LogP contribution in [0, 0.1) is 6.92 Å². The molecule has 0 aliphatic carbocycles. The number of pyridine rings is 1. The van der Waals surface area contributed by atoms with Gasteiger partial charge in [-0.3, -0.25) is 14.6 Å². The summed E-state index contributed by atoms with van der Waals surface area (Å²) in [6, 6.07) is 15.4. The van der Waals surface area contributed by atoms with Crippen molar-refractivity contribution in [1.82, 2.24) is 9.88 Å². The first kappa shape index (κ1) is 21.8. The fraction of sp³-hybridized carbons (Fsp3) is 0.160. The molecule has 2 heterocycles. The summed E-state index contributed by atoms with van der Waals surface area (Å²) in [6.07, 6.45) is 3.20. The van der Waals surface area contributed by atoms with Gasteiger partial charge in [0, 0.05) is 29.0 Å². The van der Waals surface area contributed by atoms with Crippen LogP contribution in [0.2, 0.25) is 0 Å². The lowest BCUT2D eigenvalue weighted by atomic mass is 9.95. The SMILES string of the molecule is COc1cccc(CN2C(=O)C(=O)/C(=C(\O)c3ccc(Br)c(C)c3)C2c2ccncc2)c1. The van der Waals surface area contributed by atoms with Crippen molar-refractivity contribution in [1.29, 1.82) is 0 Å². The molecule has 1 unspecified atom stereocenters. The number of halogens is 1. The quantitative estimate of drug-likeness (QED) is 0.314. The van der Waals surface area contributed by atoms with Crippen molar-refractivity contribution in [3.63, 3.8) is 0 Å². The molecule has 2 aromatic carbocycles. The van der Waals surface area contributed by atoms with Gasteiger partial charge < -0.3 is 14.7 Å². The van der Waals surface area contributed by atoms with Gasteiger partial charge in [-0.25, -0.2) is 0 Å². The second-order valence-corrected chi connectivity index (χ2v) is 8.38. The summed E-state index contributed by atoms with van der Waals surface area (Å²) >= 11 is 3.45. The first-order chi connectivity index (χ1) is 15.4. The van der Waals surface area contributed by atoms with Crippen molar-refractivity contribution in [2.24, 2.45) is 0 Å². The zero-order chi connectivity index (χ0) is 22.8. The molecule has 1 atom stereocenters. The molecule has 1 aliphatic heterocycles. The molecule has 6 nitrogen and oxygen atoms in total. The lowest BCUT2D eigenvalue weighted by Gasteiger charge is -2.25. The Hall–Kier alpha value is -3.45. The van der Waals surface area contributed by atoms with Gasteiger partial charge in [-0.2, -0.15) is 0 Å². The maximum Gasteiger partial charge on any atom is 0.295 e. The molecule has 1 amide bonds. The highest BCUT2D eigenvalue weighted by atomic mass is 79.9. The molecular formula is C25H21BrN2O4. The minimum atomic E-state index is -0.742. The van der Waals surface area contributed by atoms with Crippen molar-refractivity contribution in [2.45, 2.75) is 19.5 Å². The van der Waals surface area contributed by atoms with Gasteiger partial charge in [-0.1, -0.05) is 34.1 Å². The van der Waals surface area contributed by atoms with Gasteiger partial charge in [0.1, 0.15) is 11.5 Å². The standard InChI is InChI=1S/C25H21BrN2O4/c1-15-12-18(6-7-20(15)26)23(29)21-22(17-8-10-27-11-9-17)28(25(31)24(21)30)14-16-4-3-5-19(13-16)32-2/h3-13,22,29H,14H2,1-2H3/b23-21-. The van der Waals surface area contributed by atoms with Gasteiger partial charge in [0.05, 0.1) is 18.7 Å². The van der Waals surface area contributed by atoms with E-state index in [9.17, 15) is 14.7 Å². The van der Waals surface area contributed by atoms with Crippen molar-refractivity contribution in [3.05, 3.63) is 99.3 Å². The van der Waals surface area contributed by atoms with Crippen LogP contribution in [-0.2, 0) is 16.1 Å². The number of aliphatic hydroxyl groups excluding tert-OH is 1. The summed E-state index contributed by atoms with van der Waals surface area (Å²) in [5.74, 6) is -0.920. The van der Waals surface area contributed by atoms with Crippen LogP contribution in [0.25, 0.3) is 5.76 Å². The molecule has 3 aromatic rings. The maximum atomic E-state index is 13.1. The lowest BCUT2D eigenvalue weighted by Crippen LogP contribution is -2.29. The van der Waals surface area contributed by atoms with E-state index >= 15 is 0 Å². The molecule has 32 heavy (non-hydrogen) atoms. The molecule has 0 radical (unpaired) electrons. The number of aryl methyl sites for hydroxylation is 1. The van der Waals surface area contributed by atoms with E-state index in [0.29, 0.717) is 16.9 Å². The van der Waals surface area contributed by atoms with Crippen molar-refractivity contribution >= 4 is 33.4 Å². The zero-order valence-corrected chi connectivity index (χ0v) is 19.2. The summed E-state index contributed by atoms with van der Waals surface area (Å²) < 4.78 is 6.17. The van der Waals surface area contributed by atoms with Crippen LogP contribution < -0.4 is 4.74 Å². The summed E-state index contributed by atoms with van der Waals surface area (Å²) in [4.78, 5) is 31.7. The Balaban J connectivity index is 1.84. The normalized spacial score (nSPS) is 17.6. The Morgan fingerprint density at radius 2 is 1.88 bits per heavy atom. The molecular weight excluding hydrogens is 472 g/mol. The second-order valence-electron chi connectivity index (χ2n) is 7.52. The summed E-state index contributed by atoms with van der Waals surface area (Å²) in [7, 11) is 1.57. The van der Waals surface area contributed by atoms with Gasteiger partial charge >= 0.3 is 0 Å². The van der Waals surface area contributed by atoms with Crippen LogP contribution in [0.5, 0.6) is 5.75 Å². The van der Waals surface area contributed by atoms with Gasteiger partial charge in [-0.15, -0.1) is 0 Å². The largest absolute Gasteiger partial charge is 0.507 e. The molecule has 7 heteroatoms. The average Bonchev–Trinajstić information content (AvgIpc) is 3.06. The smallest absolute Gasteiger partial charge is 0.295 e. The van der Waals surface area contributed by atoms with E-state index in [1.807, 2.05) is 31.2 Å². The van der Waals surface area contributed by atoms with Gasteiger partial charge in [0.2, 0.25) is 0 Å². The fourth-order valence-corrected chi connectivity index (χ4v) is 4.10. The molecule has 1 aliphatic rings. The monoisotopic (exact) mass is 492 g/mol. The molecule has 0 saturated carbocycles. The van der Waals surface area contributed by atoms with Gasteiger partial charge in [0.15, 0.2) is 0 Å². The number of methoxy groups -OCH3 is 1. The highest BCUT2D eigenvalue weighted by molar-refractivity contribution is 9.10. The molecule has 1 saturated heterocycles. The number of carbonyl (C=O) groups excluding carboxylic acids is 2. The average molecular weight is 493 g/mol. The number of aromatic nitrogens is 1. The Kier molecular flexibility index (Phi) is 6.10. The predicted molar refractivity (Wildman–Crippen MR) is 124 cm³/mol. The number of likely N-dealkylation sites (tertiary alicyclic amines) is 1. The highest BCUT2D eigenvalue weighted by Gasteiger charge is 2.46. The van der Waals surface area contributed by atoms with Crippen LogP contribution in [0.4, 0.5) is 0 Å². The molecule has 1 N–H and O–H groups in total. The van der Waals surface area contributed by atoms with E-state index < -0.39 is 17.7 Å². The summed E-state index contributed by atoms with van der Waals surface area (Å²) in [5, 5.41) is 11.2. The molecule has 162 valence electrons. The lowest BCUT2D eigenvalue weighted by molar-refractivity contribution is -0.140. The van der Waals surface area contributed by atoms with Crippen LogP contribution in [-0.4, -0.2) is 33.8 Å². The van der Waals surface area contributed by atoms with E-state index in [1.54, 1.807) is 49.8 Å². The molecule has 1 fully saturated rings. The first-order valence-corrected chi connectivity index (χ1v) is 10.8. The third kappa shape index (κ3) is 4.03. The van der Waals surface area contributed by atoms with Crippen molar-refractivity contribution in [3.8, 4) is 5.75 Å². The fourth-order valence-electron chi connectivity index (χ4n) is 3.85. The minimum absolute atomic E-state index is 0.0609. The maximum absolute atomic E-state index is 13.1. The molecule has 1 aromatic heterocycles. The number of ketones is 1. The zero-order valence-electron chi connectivity index (χ0n) is 17.6. The van der Waals surface area contributed by atoms with Gasteiger partial charge in [0.25, 0.3) is 11.7 Å². The number of ether oxygens (including phenoxy) is 1. The number of aliphatic hydroxyl groups is 1. The van der Waals surface area contributed by atoms with E-state index in [0.717, 1.165) is 15.6 Å². The first-order valence-electron chi connectivity index (χ1n) is 9.98. The Morgan fingerprint density at radius 3 is 2.56 bits per heavy atom. The Morgan fingerprint density at radius 1 is 1.12 bits per heavy atom. The van der Waals surface area contributed by atoms with Crippen LogP contribution in [0.15, 0.2) is 77.0 Å². The third-order valence-electron chi connectivity index (χ3n) is 5.48. The summed E-state index contributed by atoms with van der Waals surface area (Å²) in [6.45, 7) is 2.08. The van der Waals surface area contributed by atoms with Crippen LogP contribution in [0.1, 0.15) is 28.3 Å². The molecule has 0 spiro atoms. The second kappa shape index (κ2) is 8.96. The van der Waals surface area contributed by atoms with E-state index in [-0.39, 0.29) is 17.9 Å². The predicted octanol–water partition coefficient (Wildman–Crippen LogP) is 4.78. The Bertz CT molecular complexity index is 1220. The van der Waals surface area contributed by atoms with E-state index in [1.165, 1.54) is 4.90 Å². The molecule has 4 rings (SSSR count). The van der Waals surface area contributed by atoms with Crippen molar-refractivity contribution < 1.29 is 19.4 Å². The van der Waals surface area contributed by atoms with Gasteiger partial charge in [-0.05, 0) is 60.0 Å². The number of benzene rings is 2. The molecule has 0 bridgehead atoms. The number of amides is 1. The minimum Gasteiger partial charge on any atom is -0.507 e. The topological polar surface area (TPSA) is 79.7 Å². The van der Waals surface area contributed by atoms with Crippen LogP contribution in [0.3, 0.4) is 0 Å². The number of Topliss-reactive ketones (excluding diaryl/α,β-unsaturated/α-hetero) is 1. The van der Waals surface area contributed by atoms with Crippen molar-refractivity contribution in [2.75, 3.05) is 7.11 Å². The number of hydrogen-bond donors (Lipinski definition) is 1. The van der Waals surface area contributed by atoms with E-state index in [2.05, 4.69) is 20.9 Å². The number of nitrogens with zero attached hydrogens (tertiary/aromatic N) is 2. The third-order valence-corrected chi connectivity index (χ3v) is 6.37. The summed E-state index contributed by atoms with van der Waals surface area (Å²) in [5.41, 5.74) is 2.94.